The minimum absolute atomic E-state index is 0.0866. The summed E-state index contributed by atoms with van der Waals surface area (Å²) in [5, 5.41) is 7.05. The lowest BCUT2D eigenvalue weighted by molar-refractivity contribution is 0.0914. The Morgan fingerprint density at radius 1 is 1.07 bits per heavy atom. The third kappa shape index (κ3) is 4.34. The maximum absolute atomic E-state index is 12.6. The van der Waals surface area contributed by atoms with E-state index < -0.39 is 0 Å². The van der Waals surface area contributed by atoms with Gasteiger partial charge in [-0.2, -0.15) is 4.98 Å². The molecule has 0 aliphatic carbocycles. The monoisotopic (exact) mass is 365 g/mol. The highest BCUT2D eigenvalue weighted by Gasteiger charge is 2.25. The number of carbonyl (C=O) groups is 1. The van der Waals surface area contributed by atoms with Gasteiger partial charge in [-0.15, -0.1) is 0 Å². The Morgan fingerprint density at radius 3 is 2.33 bits per heavy atom. The molecule has 1 atom stereocenters. The maximum atomic E-state index is 12.6. The molecule has 1 aromatic heterocycles. The topological polar surface area (TPSA) is 77.3 Å². The summed E-state index contributed by atoms with van der Waals surface area (Å²) in [5.41, 5.74) is 2.52. The van der Waals surface area contributed by atoms with Gasteiger partial charge >= 0.3 is 0 Å². The first-order chi connectivity index (χ1) is 13.0. The molecule has 3 rings (SSSR count). The number of nitrogens with one attached hydrogen (secondary N) is 1. The number of hydrogen-bond donors (Lipinski definition) is 1. The number of carbonyl (C=O) groups excluding carboxylic acids is 1. The molecule has 2 aromatic carbocycles. The highest BCUT2D eigenvalue weighted by molar-refractivity contribution is 5.94. The van der Waals surface area contributed by atoms with Crippen molar-refractivity contribution in [3.63, 3.8) is 0 Å². The molecule has 0 radical (unpaired) electrons. The van der Waals surface area contributed by atoms with Crippen LogP contribution in [0.25, 0.3) is 11.4 Å². The Bertz CT molecular complexity index is 899. The molecule has 1 amide bonds. The highest BCUT2D eigenvalue weighted by Crippen LogP contribution is 2.25. The summed E-state index contributed by atoms with van der Waals surface area (Å²) in [6.45, 7) is 5.98. The van der Waals surface area contributed by atoms with Crippen molar-refractivity contribution in [2.75, 3.05) is 7.11 Å². The van der Waals surface area contributed by atoms with Crippen LogP contribution in [0, 0.1) is 12.8 Å². The molecule has 0 aliphatic rings. The van der Waals surface area contributed by atoms with Gasteiger partial charge in [0.05, 0.1) is 7.11 Å². The lowest BCUT2D eigenvalue weighted by Crippen LogP contribution is -2.32. The molecular weight excluding hydrogens is 342 g/mol. The van der Waals surface area contributed by atoms with E-state index in [1.807, 2.05) is 57.2 Å². The van der Waals surface area contributed by atoms with Crippen molar-refractivity contribution < 1.29 is 14.1 Å². The molecule has 0 aliphatic heterocycles. The van der Waals surface area contributed by atoms with E-state index in [1.54, 1.807) is 19.2 Å². The second-order valence-electron chi connectivity index (χ2n) is 6.75. The average molecular weight is 365 g/mol. The van der Waals surface area contributed by atoms with Crippen LogP contribution in [0.3, 0.4) is 0 Å². The standard InChI is InChI=1S/C21H23N3O3/c1-13(2)18(22-20(25)16-7-5-14(3)6-8-16)21-23-19(24-27-21)15-9-11-17(26-4)12-10-15/h5-13,18H,1-4H3,(H,22,25). The van der Waals surface area contributed by atoms with Crippen molar-refractivity contribution in [1.82, 2.24) is 15.5 Å². The molecule has 140 valence electrons. The van der Waals surface area contributed by atoms with Gasteiger partial charge in [0.25, 0.3) is 5.91 Å². The Morgan fingerprint density at radius 2 is 1.74 bits per heavy atom. The van der Waals surface area contributed by atoms with Gasteiger partial charge in [-0.1, -0.05) is 36.7 Å². The molecule has 0 fully saturated rings. The number of benzene rings is 2. The van der Waals surface area contributed by atoms with Crippen molar-refractivity contribution in [3.05, 3.63) is 65.5 Å². The fourth-order valence-electron chi connectivity index (χ4n) is 2.66. The van der Waals surface area contributed by atoms with Gasteiger partial charge < -0.3 is 14.6 Å². The molecule has 0 bridgehead atoms. The molecule has 27 heavy (non-hydrogen) atoms. The second kappa shape index (κ2) is 8.03. The van der Waals surface area contributed by atoms with E-state index in [4.69, 9.17) is 9.26 Å². The van der Waals surface area contributed by atoms with Gasteiger partial charge in [-0.05, 0) is 49.2 Å². The van der Waals surface area contributed by atoms with Gasteiger partial charge in [0.2, 0.25) is 11.7 Å². The van der Waals surface area contributed by atoms with Crippen LogP contribution in [0.1, 0.15) is 41.7 Å². The Kier molecular flexibility index (Phi) is 5.54. The van der Waals surface area contributed by atoms with Crippen LogP contribution in [0.4, 0.5) is 0 Å². The number of amides is 1. The van der Waals surface area contributed by atoms with Gasteiger partial charge in [0, 0.05) is 11.1 Å². The number of aromatic nitrogens is 2. The van der Waals surface area contributed by atoms with Crippen LogP contribution < -0.4 is 10.1 Å². The minimum Gasteiger partial charge on any atom is -0.497 e. The van der Waals surface area contributed by atoms with E-state index in [-0.39, 0.29) is 17.9 Å². The molecule has 0 saturated heterocycles. The Hall–Kier alpha value is -3.15. The van der Waals surface area contributed by atoms with E-state index in [0.717, 1.165) is 16.9 Å². The molecular formula is C21H23N3O3. The fraction of sp³-hybridized carbons (Fsp3) is 0.286. The zero-order chi connectivity index (χ0) is 19.4. The van der Waals surface area contributed by atoms with Crippen molar-refractivity contribution in [2.24, 2.45) is 5.92 Å². The van der Waals surface area contributed by atoms with Gasteiger partial charge in [0.15, 0.2) is 0 Å². The quantitative estimate of drug-likeness (QED) is 0.709. The van der Waals surface area contributed by atoms with Crippen LogP contribution in [0.5, 0.6) is 5.75 Å². The lowest BCUT2D eigenvalue weighted by atomic mass is 10.0. The lowest BCUT2D eigenvalue weighted by Gasteiger charge is -2.18. The molecule has 1 unspecified atom stereocenters. The molecule has 1 N–H and O–H groups in total. The predicted molar refractivity (Wildman–Crippen MR) is 103 cm³/mol. The minimum atomic E-state index is -0.377. The summed E-state index contributed by atoms with van der Waals surface area (Å²) in [5.74, 6) is 1.54. The van der Waals surface area contributed by atoms with Crippen molar-refractivity contribution in [3.8, 4) is 17.1 Å². The number of methoxy groups -OCH3 is 1. The average Bonchev–Trinajstić information content (AvgIpc) is 3.16. The summed E-state index contributed by atoms with van der Waals surface area (Å²) in [6, 6.07) is 14.5. The first kappa shape index (κ1) is 18.6. The summed E-state index contributed by atoms with van der Waals surface area (Å²) in [6.07, 6.45) is 0. The summed E-state index contributed by atoms with van der Waals surface area (Å²) < 4.78 is 10.6. The van der Waals surface area contributed by atoms with Crippen LogP contribution in [0.15, 0.2) is 53.1 Å². The third-order valence-corrected chi connectivity index (χ3v) is 4.32. The molecule has 6 nitrogen and oxygen atoms in total. The van der Waals surface area contributed by atoms with Crippen LogP contribution in [-0.2, 0) is 0 Å². The fourth-order valence-corrected chi connectivity index (χ4v) is 2.66. The zero-order valence-corrected chi connectivity index (χ0v) is 15.9. The van der Waals surface area contributed by atoms with Crippen molar-refractivity contribution >= 4 is 5.91 Å². The number of nitrogens with zero attached hydrogens (tertiary/aromatic N) is 2. The predicted octanol–water partition coefficient (Wildman–Crippen LogP) is 4.18. The largest absolute Gasteiger partial charge is 0.497 e. The van der Waals surface area contributed by atoms with Crippen LogP contribution in [-0.4, -0.2) is 23.2 Å². The van der Waals surface area contributed by atoms with Gasteiger partial charge in [-0.25, -0.2) is 0 Å². The van der Waals surface area contributed by atoms with Crippen molar-refractivity contribution in [1.29, 1.82) is 0 Å². The zero-order valence-electron chi connectivity index (χ0n) is 15.9. The molecule has 0 saturated carbocycles. The SMILES string of the molecule is COc1ccc(-c2noc(C(NC(=O)c3ccc(C)cc3)C(C)C)n2)cc1. The number of ether oxygens (including phenoxy) is 1. The third-order valence-electron chi connectivity index (χ3n) is 4.32. The number of rotatable bonds is 6. The molecule has 3 aromatic rings. The van der Waals surface area contributed by atoms with Crippen LogP contribution >= 0.6 is 0 Å². The highest BCUT2D eigenvalue weighted by atomic mass is 16.5. The van der Waals surface area contributed by atoms with Crippen LogP contribution in [0.2, 0.25) is 0 Å². The van der Waals surface area contributed by atoms with E-state index >= 15 is 0 Å². The first-order valence-electron chi connectivity index (χ1n) is 8.83. The van der Waals surface area contributed by atoms with E-state index in [9.17, 15) is 4.79 Å². The Balaban J connectivity index is 1.79. The van der Waals surface area contributed by atoms with E-state index in [2.05, 4.69) is 15.5 Å². The summed E-state index contributed by atoms with van der Waals surface area (Å²) in [4.78, 5) is 17.1. The number of aryl methyl sites for hydroxylation is 1. The first-order valence-corrected chi connectivity index (χ1v) is 8.83. The smallest absolute Gasteiger partial charge is 0.251 e. The maximum Gasteiger partial charge on any atom is 0.251 e. The molecule has 0 spiro atoms. The summed E-state index contributed by atoms with van der Waals surface area (Å²) >= 11 is 0. The van der Waals surface area contributed by atoms with Gasteiger partial charge in [-0.3, -0.25) is 4.79 Å². The normalized spacial score (nSPS) is 12.0. The van der Waals surface area contributed by atoms with E-state index in [1.165, 1.54) is 0 Å². The summed E-state index contributed by atoms with van der Waals surface area (Å²) in [7, 11) is 1.62. The number of hydrogen-bond acceptors (Lipinski definition) is 5. The van der Waals surface area contributed by atoms with Gasteiger partial charge in [0.1, 0.15) is 11.8 Å². The van der Waals surface area contributed by atoms with Crippen molar-refractivity contribution in [2.45, 2.75) is 26.8 Å². The second-order valence-corrected chi connectivity index (χ2v) is 6.75. The Labute approximate surface area is 158 Å². The van der Waals surface area contributed by atoms with E-state index in [0.29, 0.717) is 17.3 Å². The molecule has 6 heteroatoms. The molecule has 1 heterocycles.